The van der Waals surface area contributed by atoms with Gasteiger partial charge in [0.25, 0.3) is 5.91 Å². The van der Waals surface area contributed by atoms with Crippen molar-refractivity contribution in [2.75, 3.05) is 7.05 Å². The molecule has 3 rings (SSSR count). The Morgan fingerprint density at radius 1 is 1.20 bits per heavy atom. The van der Waals surface area contributed by atoms with Gasteiger partial charge in [-0.3, -0.25) is 15.1 Å². The number of benzene rings is 1. The Balaban J connectivity index is 1.98. The Bertz CT molecular complexity index is 994. The Morgan fingerprint density at radius 3 is 2.57 bits per heavy atom. The van der Waals surface area contributed by atoms with Crippen LogP contribution in [-0.4, -0.2) is 36.0 Å². The molecule has 0 saturated carbocycles. The highest BCUT2D eigenvalue weighted by molar-refractivity contribution is 6.06. The average Bonchev–Trinajstić information content (AvgIpc) is 2.70. The van der Waals surface area contributed by atoms with Crippen LogP contribution < -0.4 is 10.6 Å². The zero-order valence-electron chi connectivity index (χ0n) is 18.2. The van der Waals surface area contributed by atoms with Crippen LogP contribution in [0, 0.1) is 11.3 Å². The minimum Gasteiger partial charge on any atom is -0.449 e. The lowest BCUT2D eigenvalue weighted by atomic mass is 9.70. The molecule has 2 atom stereocenters. The van der Waals surface area contributed by atoms with E-state index in [1.165, 1.54) is 14.0 Å². The van der Waals surface area contributed by atoms with Gasteiger partial charge in [-0.15, -0.1) is 0 Å². The molecule has 0 saturated heterocycles. The summed E-state index contributed by atoms with van der Waals surface area (Å²) >= 11 is 0. The molecule has 2 N–H and O–H groups in total. The number of fused-ring (bicyclic) bond motifs is 2. The molecule has 1 aromatic heterocycles. The summed E-state index contributed by atoms with van der Waals surface area (Å²) in [6, 6.07) is 6.83. The predicted molar refractivity (Wildman–Crippen MR) is 114 cm³/mol. The topological polar surface area (TPSA) is 97.4 Å². The minimum atomic E-state index is -1.11. The second-order valence-electron chi connectivity index (χ2n) is 8.85. The number of amides is 3. The number of carbonyl (C=O) groups is 3. The van der Waals surface area contributed by atoms with Gasteiger partial charge in [-0.25, -0.2) is 9.59 Å². The second kappa shape index (κ2) is 8.42. The first-order chi connectivity index (χ1) is 14.1. The van der Waals surface area contributed by atoms with Crippen LogP contribution in [-0.2, 0) is 22.4 Å². The van der Waals surface area contributed by atoms with Crippen LogP contribution in [0.3, 0.4) is 0 Å². The molecule has 0 bridgehead atoms. The normalized spacial score (nSPS) is 17.0. The molecule has 30 heavy (non-hydrogen) atoms. The molecule has 1 aromatic carbocycles. The number of rotatable bonds is 3. The summed E-state index contributed by atoms with van der Waals surface area (Å²) in [6.07, 6.45) is 1.44. The van der Waals surface area contributed by atoms with E-state index in [2.05, 4.69) is 31.4 Å². The van der Waals surface area contributed by atoms with E-state index in [0.29, 0.717) is 11.5 Å². The number of ether oxygens (including phenoxy) is 1. The number of aryl methyl sites for hydroxylation is 1. The molecule has 0 aliphatic heterocycles. The monoisotopic (exact) mass is 411 g/mol. The minimum absolute atomic E-state index is 0.102. The molecule has 3 amide bonds. The van der Waals surface area contributed by atoms with Gasteiger partial charge in [0.2, 0.25) is 0 Å². The molecule has 7 heteroatoms. The zero-order valence-corrected chi connectivity index (χ0v) is 18.2. The molecule has 2 aromatic rings. The largest absolute Gasteiger partial charge is 0.449 e. The van der Waals surface area contributed by atoms with Gasteiger partial charge in [-0.05, 0) is 49.1 Å². The Kier molecular flexibility index (Phi) is 6.10. The summed E-state index contributed by atoms with van der Waals surface area (Å²) in [5, 5.41) is 5.15. The van der Waals surface area contributed by atoms with Crippen LogP contribution >= 0.6 is 0 Å². The number of esters is 1. The molecule has 0 unspecified atom stereocenters. The number of nitrogens with one attached hydrogen (secondary N) is 2. The van der Waals surface area contributed by atoms with E-state index in [-0.39, 0.29) is 5.41 Å². The van der Waals surface area contributed by atoms with Crippen molar-refractivity contribution in [2.24, 2.45) is 11.3 Å². The summed E-state index contributed by atoms with van der Waals surface area (Å²) < 4.78 is 5.48. The maximum atomic E-state index is 13.2. The van der Waals surface area contributed by atoms with Gasteiger partial charge in [-0.2, -0.15) is 0 Å². The second-order valence-corrected chi connectivity index (χ2v) is 8.85. The van der Waals surface area contributed by atoms with Gasteiger partial charge in [0.15, 0.2) is 6.10 Å². The van der Waals surface area contributed by atoms with E-state index >= 15 is 0 Å². The molecule has 7 nitrogen and oxygen atoms in total. The first-order valence-corrected chi connectivity index (χ1v) is 10.3. The average molecular weight is 412 g/mol. The highest BCUT2D eigenvalue weighted by atomic mass is 16.5. The van der Waals surface area contributed by atoms with Gasteiger partial charge in [-0.1, -0.05) is 39.0 Å². The number of urea groups is 1. The van der Waals surface area contributed by atoms with Crippen molar-refractivity contribution in [1.29, 1.82) is 0 Å². The SMILES string of the molecule is CNC(=O)NC(=O)[C@H](C)OC(=O)c1c2c(nc3ccccc13)CC[C@@H](C(C)(C)C)C2. The Morgan fingerprint density at radius 2 is 1.90 bits per heavy atom. The molecule has 0 fully saturated rings. The van der Waals surface area contributed by atoms with E-state index in [1.54, 1.807) is 0 Å². The third-order valence-electron chi connectivity index (χ3n) is 5.80. The molecule has 0 spiro atoms. The van der Waals surface area contributed by atoms with Gasteiger partial charge < -0.3 is 10.1 Å². The smallest absolute Gasteiger partial charge is 0.339 e. The molecular weight excluding hydrogens is 382 g/mol. The zero-order chi connectivity index (χ0) is 22.1. The maximum absolute atomic E-state index is 13.2. The number of imide groups is 1. The van der Waals surface area contributed by atoms with Crippen molar-refractivity contribution < 1.29 is 19.1 Å². The first kappa shape index (κ1) is 21.7. The Hall–Kier alpha value is -2.96. The number of nitrogens with zero attached hydrogens (tertiary/aromatic N) is 1. The summed E-state index contributed by atoms with van der Waals surface area (Å²) in [4.78, 5) is 41.6. The molecule has 0 radical (unpaired) electrons. The van der Waals surface area contributed by atoms with Crippen molar-refractivity contribution in [3.8, 4) is 0 Å². The van der Waals surface area contributed by atoms with Crippen LogP contribution in [0.1, 0.15) is 55.7 Å². The third-order valence-corrected chi connectivity index (χ3v) is 5.80. The van der Waals surface area contributed by atoms with E-state index < -0.39 is 24.0 Å². The third kappa shape index (κ3) is 4.45. The summed E-state index contributed by atoms with van der Waals surface area (Å²) in [6.45, 7) is 8.07. The predicted octanol–water partition coefficient (Wildman–Crippen LogP) is 3.39. The van der Waals surface area contributed by atoms with Gasteiger partial charge in [0.05, 0.1) is 11.1 Å². The van der Waals surface area contributed by atoms with Crippen LogP contribution in [0.5, 0.6) is 0 Å². The highest BCUT2D eigenvalue weighted by Crippen LogP contribution is 2.39. The maximum Gasteiger partial charge on any atom is 0.339 e. The number of pyridine rings is 1. The van der Waals surface area contributed by atoms with Crippen molar-refractivity contribution in [3.63, 3.8) is 0 Å². The molecule has 1 heterocycles. The molecule has 1 aliphatic rings. The molecular formula is C23H29N3O4. The van der Waals surface area contributed by atoms with E-state index in [0.717, 1.165) is 41.4 Å². The standard InChI is InChI=1S/C23H29N3O4/c1-13(20(27)26-22(29)24-5)30-21(28)19-15-8-6-7-9-17(15)25-18-11-10-14(12-16(18)19)23(2,3)4/h6-9,13-14H,10-12H2,1-5H3,(H2,24,26,27,29)/t13-,14+/m0/s1. The Labute approximate surface area is 176 Å². The van der Waals surface area contributed by atoms with Crippen LogP contribution in [0.25, 0.3) is 10.9 Å². The number of aromatic nitrogens is 1. The molecule has 160 valence electrons. The lowest BCUT2D eigenvalue weighted by Gasteiger charge is -2.35. The van der Waals surface area contributed by atoms with Crippen LogP contribution in [0.4, 0.5) is 4.79 Å². The summed E-state index contributed by atoms with van der Waals surface area (Å²) in [7, 11) is 1.40. The fourth-order valence-corrected chi connectivity index (χ4v) is 3.91. The van der Waals surface area contributed by atoms with Crippen molar-refractivity contribution in [1.82, 2.24) is 15.6 Å². The van der Waals surface area contributed by atoms with Crippen LogP contribution in [0.15, 0.2) is 24.3 Å². The fourth-order valence-electron chi connectivity index (χ4n) is 3.91. The van der Waals surface area contributed by atoms with Gasteiger partial charge >= 0.3 is 12.0 Å². The van der Waals surface area contributed by atoms with Crippen molar-refractivity contribution in [2.45, 2.75) is 53.1 Å². The fraction of sp³-hybridized carbons (Fsp3) is 0.478. The lowest BCUT2D eigenvalue weighted by molar-refractivity contribution is -0.127. The number of para-hydroxylation sites is 1. The number of carbonyl (C=O) groups excluding carboxylic acids is 3. The first-order valence-electron chi connectivity index (χ1n) is 10.3. The quantitative estimate of drug-likeness (QED) is 0.755. The number of hydrogen-bond acceptors (Lipinski definition) is 5. The highest BCUT2D eigenvalue weighted by Gasteiger charge is 2.33. The lowest BCUT2D eigenvalue weighted by Crippen LogP contribution is -2.43. The molecule has 1 aliphatic carbocycles. The summed E-state index contributed by atoms with van der Waals surface area (Å²) in [5.74, 6) is -0.838. The van der Waals surface area contributed by atoms with Gasteiger partial charge in [0.1, 0.15) is 0 Å². The van der Waals surface area contributed by atoms with Crippen LogP contribution in [0.2, 0.25) is 0 Å². The van der Waals surface area contributed by atoms with Crippen molar-refractivity contribution in [3.05, 3.63) is 41.1 Å². The van der Waals surface area contributed by atoms with E-state index in [4.69, 9.17) is 9.72 Å². The van der Waals surface area contributed by atoms with Gasteiger partial charge in [0, 0.05) is 18.1 Å². The van der Waals surface area contributed by atoms with E-state index in [1.807, 2.05) is 24.3 Å². The number of hydrogen-bond donors (Lipinski definition) is 2. The summed E-state index contributed by atoms with van der Waals surface area (Å²) in [5.41, 5.74) is 3.14. The van der Waals surface area contributed by atoms with E-state index in [9.17, 15) is 14.4 Å². The van der Waals surface area contributed by atoms with Crippen molar-refractivity contribution >= 4 is 28.8 Å².